The van der Waals surface area contributed by atoms with E-state index < -0.39 is 6.10 Å². The maximum atomic E-state index is 8.67. The van der Waals surface area contributed by atoms with Crippen LogP contribution in [0.1, 0.15) is 13.3 Å². The van der Waals surface area contributed by atoms with E-state index in [0.29, 0.717) is 6.42 Å². The van der Waals surface area contributed by atoms with Crippen LogP contribution in [0.3, 0.4) is 0 Å². The summed E-state index contributed by atoms with van der Waals surface area (Å²) in [4.78, 5) is 0.183. The van der Waals surface area contributed by atoms with Crippen molar-refractivity contribution >= 4 is 17.2 Å². The maximum Gasteiger partial charge on any atom is 0.103 e. The molecule has 0 radical (unpaired) electrons. The Labute approximate surface area is 48.3 Å². The first kappa shape index (κ1) is 6.85. The van der Waals surface area contributed by atoms with Crippen molar-refractivity contribution in [3.05, 3.63) is 0 Å². The standard InChI is InChI=1S/C4H9NOS/c1-2-3(6)4(5)7/h3,6H,2H2,1H3,(H2,5,7). The molecular formula is C4H9NOS. The lowest BCUT2D eigenvalue weighted by molar-refractivity contribution is 0.238. The highest BCUT2D eigenvalue weighted by Gasteiger charge is 2.00. The third-order valence-corrected chi connectivity index (χ3v) is 0.987. The molecule has 0 aliphatic rings. The average molecular weight is 119 g/mol. The van der Waals surface area contributed by atoms with Gasteiger partial charge in [0.1, 0.15) is 11.1 Å². The predicted molar refractivity (Wildman–Crippen MR) is 33.1 cm³/mol. The van der Waals surface area contributed by atoms with Gasteiger partial charge >= 0.3 is 0 Å². The molecule has 0 aromatic heterocycles. The summed E-state index contributed by atoms with van der Waals surface area (Å²) in [5.41, 5.74) is 5.03. The number of aliphatic hydroxyl groups is 1. The van der Waals surface area contributed by atoms with Gasteiger partial charge in [0, 0.05) is 0 Å². The van der Waals surface area contributed by atoms with Gasteiger partial charge in [0.15, 0.2) is 0 Å². The van der Waals surface area contributed by atoms with E-state index in [2.05, 4.69) is 12.2 Å². The van der Waals surface area contributed by atoms with Crippen LogP contribution in [-0.2, 0) is 0 Å². The first-order valence-electron chi connectivity index (χ1n) is 2.16. The van der Waals surface area contributed by atoms with Gasteiger partial charge in [-0.2, -0.15) is 0 Å². The van der Waals surface area contributed by atoms with Gasteiger partial charge in [0.05, 0.1) is 0 Å². The molecule has 0 spiro atoms. The Kier molecular flexibility index (Phi) is 2.87. The zero-order chi connectivity index (χ0) is 5.86. The van der Waals surface area contributed by atoms with Crippen LogP contribution >= 0.6 is 12.2 Å². The summed E-state index contributed by atoms with van der Waals surface area (Å²) in [5.74, 6) is 0. The van der Waals surface area contributed by atoms with E-state index in [1.165, 1.54) is 0 Å². The number of hydrogen-bond donors (Lipinski definition) is 2. The van der Waals surface area contributed by atoms with Crippen LogP contribution in [0.5, 0.6) is 0 Å². The fourth-order valence-corrected chi connectivity index (χ4v) is 0.368. The molecule has 1 atom stereocenters. The van der Waals surface area contributed by atoms with Crippen molar-refractivity contribution < 1.29 is 5.11 Å². The van der Waals surface area contributed by atoms with Crippen LogP contribution < -0.4 is 5.73 Å². The van der Waals surface area contributed by atoms with Gasteiger partial charge in [-0.15, -0.1) is 0 Å². The van der Waals surface area contributed by atoms with Gasteiger partial charge in [-0.1, -0.05) is 19.1 Å². The van der Waals surface area contributed by atoms with Gasteiger partial charge in [0.25, 0.3) is 0 Å². The summed E-state index contributed by atoms with van der Waals surface area (Å²) >= 11 is 4.45. The van der Waals surface area contributed by atoms with E-state index in [1.807, 2.05) is 6.92 Å². The Morgan fingerprint density at radius 1 is 2.00 bits per heavy atom. The van der Waals surface area contributed by atoms with E-state index >= 15 is 0 Å². The van der Waals surface area contributed by atoms with Crippen LogP contribution in [0, 0.1) is 0 Å². The molecule has 0 heterocycles. The largest absolute Gasteiger partial charge is 0.391 e. The van der Waals surface area contributed by atoms with Crippen LogP contribution in [0.4, 0.5) is 0 Å². The first-order chi connectivity index (χ1) is 3.18. The number of hydrogen-bond acceptors (Lipinski definition) is 2. The lowest BCUT2D eigenvalue weighted by Gasteiger charge is -2.01. The smallest absolute Gasteiger partial charge is 0.103 e. The molecule has 1 unspecified atom stereocenters. The van der Waals surface area contributed by atoms with E-state index in [9.17, 15) is 0 Å². The van der Waals surface area contributed by atoms with Gasteiger partial charge in [-0.3, -0.25) is 0 Å². The van der Waals surface area contributed by atoms with Crippen LogP contribution in [0.25, 0.3) is 0 Å². The Hall–Kier alpha value is -0.150. The van der Waals surface area contributed by atoms with Crippen molar-refractivity contribution in [1.82, 2.24) is 0 Å². The molecule has 0 rings (SSSR count). The summed E-state index contributed by atoms with van der Waals surface area (Å²) in [7, 11) is 0. The molecule has 3 N–H and O–H groups in total. The Balaban J connectivity index is 3.34. The highest BCUT2D eigenvalue weighted by atomic mass is 32.1. The average Bonchev–Trinajstić information content (AvgIpc) is 1.65. The molecular weight excluding hydrogens is 110 g/mol. The number of rotatable bonds is 2. The van der Waals surface area contributed by atoms with E-state index in [-0.39, 0.29) is 4.99 Å². The van der Waals surface area contributed by atoms with Crippen molar-refractivity contribution in [2.24, 2.45) is 5.73 Å². The molecule has 0 aliphatic carbocycles. The third-order valence-electron chi connectivity index (χ3n) is 0.715. The van der Waals surface area contributed by atoms with Gasteiger partial charge in [-0.25, -0.2) is 0 Å². The monoisotopic (exact) mass is 119 g/mol. The van der Waals surface area contributed by atoms with Crippen LogP contribution in [-0.4, -0.2) is 16.2 Å². The molecule has 3 heteroatoms. The Morgan fingerprint density at radius 2 is 2.43 bits per heavy atom. The second-order valence-corrected chi connectivity index (χ2v) is 1.80. The molecule has 0 fully saturated rings. The normalized spacial score (nSPS) is 13.4. The second kappa shape index (κ2) is 2.93. The molecule has 2 nitrogen and oxygen atoms in total. The molecule has 7 heavy (non-hydrogen) atoms. The lowest BCUT2D eigenvalue weighted by atomic mass is 10.3. The summed E-state index contributed by atoms with van der Waals surface area (Å²) in [5, 5.41) is 8.67. The highest BCUT2D eigenvalue weighted by molar-refractivity contribution is 7.80. The Morgan fingerprint density at radius 3 is 2.43 bits per heavy atom. The van der Waals surface area contributed by atoms with Crippen LogP contribution in [0.15, 0.2) is 0 Å². The van der Waals surface area contributed by atoms with Crippen LogP contribution in [0.2, 0.25) is 0 Å². The molecule has 0 aliphatic heterocycles. The van der Waals surface area contributed by atoms with Crippen molar-refractivity contribution in [3.63, 3.8) is 0 Å². The number of aliphatic hydroxyl groups excluding tert-OH is 1. The van der Waals surface area contributed by atoms with E-state index in [4.69, 9.17) is 10.8 Å². The van der Waals surface area contributed by atoms with Crippen molar-refractivity contribution in [2.45, 2.75) is 19.4 Å². The predicted octanol–water partition coefficient (Wildman–Crippen LogP) is 0.0434. The summed E-state index contributed by atoms with van der Waals surface area (Å²) in [6.45, 7) is 1.82. The quantitative estimate of drug-likeness (QED) is 0.505. The zero-order valence-corrected chi connectivity index (χ0v) is 5.03. The van der Waals surface area contributed by atoms with Gasteiger partial charge in [-0.05, 0) is 6.42 Å². The SMILES string of the molecule is CCC(O)C(N)=S. The minimum atomic E-state index is -0.588. The first-order valence-corrected chi connectivity index (χ1v) is 2.56. The molecule has 0 aromatic carbocycles. The second-order valence-electron chi connectivity index (χ2n) is 1.33. The van der Waals surface area contributed by atoms with Gasteiger partial charge in [0.2, 0.25) is 0 Å². The Bertz CT molecular complexity index is 74.1. The van der Waals surface area contributed by atoms with Crippen molar-refractivity contribution in [3.8, 4) is 0 Å². The molecule has 0 bridgehead atoms. The number of nitrogens with two attached hydrogens (primary N) is 1. The van der Waals surface area contributed by atoms with Crippen molar-refractivity contribution in [2.75, 3.05) is 0 Å². The van der Waals surface area contributed by atoms with E-state index in [0.717, 1.165) is 0 Å². The topological polar surface area (TPSA) is 46.2 Å². The molecule has 42 valence electrons. The summed E-state index contributed by atoms with van der Waals surface area (Å²) < 4.78 is 0. The van der Waals surface area contributed by atoms with Gasteiger partial charge < -0.3 is 10.8 Å². The molecule has 0 saturated carbocycles. The minimum absolute atomic E-state index is 0.183. The minimum Gasteiger partial charge on any atom is -0.391 e. The van der Waals surface area contributed by atoms with E-state index in [1.54, 1.807) is 0 Å². The van der Waals surface area contributed by atoms with Crippen molar-refractivity contribution in [1.29, 1.82) is 0 Å². The molecule has 0 amide bonds. The fourth-order valence-electron chi connectivity index (χ4n) is 0.201. The fraction of sp³-hybridized carbons (Fsp3) is 0.750. The lowest BCUT2D eigenvalue weighted by Crippen LogP contribution is -2.24. The number of thiocarbonyl (C=S) groups is 1. The zero-order valence-electron chi connectivity index (χ0n) is 4.22. The highest BCUT2D eigenvalue weighted by Crippen LogP contribution is 1.87. The summed E-state index contributed by atoms with van der Waals surface area (Å²) in [6, 6.07) is 0. The maximum absolute atomic E-state index is 8.67. The molecule has 0 aromatic rings. The molecule has 0 saturated heterocycles. The third kappa shape index (κ3) is 2.53. The summed E-state index contributed by atoms with van der Waals surface area (Å²) in [6.07, 6.45) is 0.0185.